The Labute approximate surface area is 47.2 Å². The van der Waals surface area contributed by atoms with Crippen LogP contribution in [0.2, 0.25) is 19.6 Å². The van der Waals surface area contributed by atoms with Crippen molar-refractivity contribution < 1.29 is 5.76 Å². The van der Waals surface area contributed by atoms with Crippen molar-refractivity contribution in [2.24, 2.45) is 0 Å². The Morgan fingerprint density at radius 2 is 1.71 bits per heavy atom. The van der Waals surface area contributed by atoms with Crippen molar-refractivity contribution in [2.75, 3.05) is 0 Å². The molecule has 2 heteroatoms. The molecule has 1 atom stereocenters. The highest BCUT2D eigenvalue weighted by atomic mass is 28.3. The minimum atomic E-state index is -1.86. The zero-order valence-electron chi connectivity index (χ0n) is 6.38. The number of alkyl halides is 1. The van der Waals surface area contributed by atoms with Gasteiger partial charge in [-0.05, 0) is 6.92 Å². The van der Waals surface area contributed by atoms with E-state index in [-0.39, 0.29) is 0 Å². The molecule has 0 N–H and O–H groups in total. The normalized spacial score (nSPS) is 23.3. The van der Waals surface area contributed by atoms with E-state index in [0.29, 0.717) is 0 Å². The van der Waals surface area contributed by atoms with Crippen molar-refractivity contribution in [3.05, 3.63) is 0 Å². The van der Waals surface area contributed by atoms with Gasteiger partial charge in [-0.1, -0.05) is 19.6 Å². The first-order chi connectivity index (χ1) is 3.25. The molecule has 0 aliphatic carbocycles. The lowest BCUT2D eigenvalue weighted by Crippen LogP contribution is -2.31. The summed E-state index contributed by atoms with van der Waals surface area (Å²) in [5, 5.41) is 0. The van der Waals surface area contributed by atoms with Crippen molar-refractivity contribution in [3.63, 3.8) is 0 Å². The molecule has 0 aromatic carbocycles. The lowest BCUT2D eigenvalue weighted by molar-refractivity contribution is 0.457. The average Bonchev–Trinajstić information content (AvgIpc) is 1.25. The molecule has 44 valence electrons. The largest absolute Gasteiger partial charge is 0.252 e. The summed E-state index contributed by atoms with van der Waals surface area (Å²) in [6.45, 7) is 6.87. The Hall–Kier alpha value is 0.147. The summed E-state index contributed by atoms with van der Waals surface area (Å²) in [5.74, 6) is -1.67. The fourth-order valence-electron chi connectivity index (χ4n) is 0. The van der Waals surface area contributed by atoms with Gasteiger partial charge in [0.25, 0.3) is 0 Å². The van der Waals surface area contributed by atoms with Gasteiger partial charge in [0, 0.05) is 0 Å². The highest BCUT2D eigenvalue weighted by Crippen LogP contribution is 2.08. The predicted octanol–water partition coefficient (Wildman–Crippen LogP) is 2.22. The molecule has 0 unspecified atom stereocenters. The van der Waals surface area contributed by atoms with E-state index in [2.05, 4.69) is 0 Å². The summed E-state index contributed by atoms with van der Waals surface area (Å²) in [5.41, 5.74) is 0. The monoisotopic (exact) mass is 121 g/mol. The van der Waals surface area contributed by atoms with Crippen LogP contribution in [0.3, 0.4) is 0 Å². The number of hydrogen-bond donors (Lipinski definition) is 0. The van der Waals surface area contributed by atoms with Gasteiger partial charge in [-0.2, -0.15) is 0 Å². The first kappa shape index (κ1) is 5.29. The molecule has 0 spiro atoms. The zero-order valence-corrected chi connectivity index (χ0v) is 6.38. The quantitative estimate of drug-likeness (QED) is 0.467. The smallest absolute Gasteiger partial charge is 0.0866 e. The van der Waals surface area contributed by atoms with E-state index in [9.17, 15) is 4.39 Å². The van der Waals surface area contributed by atoms with Crippen LogP contribution in [0.1, 0.15) is 8.29 Å². The third kappa shape index (κ3) is 2.80. The van der Waals surface area contributed by atoms with Gasteiger partial charge >= 0.3 is 0 Å². The van der Waals surface area contributed by atoms with Crippen LogP contribution in [0, 0.1) is 0 Å². The van der Waals surface area contributed by atoms with Gasteiger partial charge in [0.15, 0.2) is 0 Å². The fraction of sp³-hybridized carbons (Fsp3) is 1.00. The summed E-state index contributed by atoms with van der Waals surface area (Å²) in [7, 11) is -1.86. The molecule has 0 fully saturated rings. The number of hydrogen-bond acceptors (Lipinski definition) is 0. The topological polar surface area (TPSA) is 0 Å². The summed E-state index contributed by atoms with van der Waals surface area (Å²) >= 11 is 0. The van der Waals surface area contributed by atoms with Gasteiger partial charge in [0.1, 0.15) is 0 Å². The van der Waals surface area contributed by atoms with Crippen LogP contribution in [0.15, 0.2) is 0 Å². The van der Waals surface area contributed by atoms with Crippen LogP contribution in [-0.4, -0.2) is 13.8 Å². The van der Waals surface area contributed by atoms with E-state index in [4.69, 9.17) is 1.37 Å². The second-order valence-corrected chi connectivity index (χ2v) is 7.97. The maximum atomic E-state index is 12.6. The van der Waals surface area contributed by atoms with E-state index < -0.39 is 13.8 Å². The lowest BCUT2D eigenvalue weighted by atomic mass is 10.9. The molecule has 0 nitrogen and oxygen atoms in total. The second kappa shape index (κ2) is 1.95. The maximum absolute atomic E-state index is 12.6. The number of halogens is 1. The molecule has 0 amide bonds. The van der Waals surface area contributed by atoms with Crippen molar-refractivity contribution >= 4 is 8.07 Å². The predicted molar refractivity (Wildman–Crippen MR) is 33.9 cm³/mol. The molecular weight excluding hydrogens is 107 g/mol. The minimum absolute atomic E-state index is 1.33. The van der Waals surface area contributed by atoms with Crippen LogP contribution >= 0.6 is 0 Å². The van der Waals surface area contributed by atoms with E-state index in [0.717, 1.165) is 0 Å². The van der Waals surface area contributed by atoms with Crippen molar-refractivity contribution in [2.45, 2.75) is 32.3 Å². The molecule has 0 aliphatic rings. The SMILES string of the molecule is [2H][C@@](C)(F)[Si](C)(C)C. The van der Waals surface area contributed by atoms with Gasteiger partial charge in [-0.3, -0.25) is 4.39 Å². The molecule has 0 heterocycles. The third-order valence-electron chi connectivity index (χ3n) is 1.03. The molecule has 7 heavy (non-hydrogen) atoms. The molecule has 0 saturated carbocycles. The Balaban J connectivity index is 4.02. The highest BCUT2D eigenvalue weighted by Gasteiger charge is 2.20. The molecule has 0 aromatic heterocycles. The van der Waals surface area contributed by atoms with Crippen LogP contribution in [-0.2, 0) is 0 Å². The van der Waals surface area contributed by atoms with Gasteiger partial charge in [0.2, 0.25) is 0 Å². The molecular formula is C5H13FSi. The van der Waals surface area contributed by atoms with Crippen LogP contribution in [0.5, 0.6) is 0 Å². The Morgan fingerprint density at radius 3 is 1.71 bits per heavy atom. The lowest BCUT2D eigenvalue weighted by Gasteiger charge is -2.15. The molecule has 0 saturated heterocycles. The zero-order chi connectivity index (χ0) is 7.00. The summed E-state index contributed by atoms with van der Waals surface area (Å²) in [6, 6.07) is 0. The Morgan fingerprint density at radius 1 is 1.57 bits per heavy atom. The first-order valence-electron chi connectivity index (χ1n) is 2.94. The van der Waals surface area contributed by atoms with E-state index in [1.807, 2.05) is 19.6 Å². The summed E-state index contributed by atoms with van der Waals surface area (Å²) < 4.78 is 19.6. The molecule has 0 bridgehead atoms. The standard InChI is InChI=1S/C5H13FSi/c1-5(6)7(2,3)4/h5H,1-4H3/t5-/m1/s1/i5D. The van der Waals surface area contributed by atoms with Gasteiger partial charge in [0.05, 0.1) is 15.2 Å². The first-order valence-corrected chi connectivity index (χ1v) is 5.94. The van der Waals surface area contributed by atoms with Gasteiger partial charge in [-0.15, -0.1) is 0 Å². The van der Waals surface area contributed by atoms with Crippen LogP contribution in [0.25, 0.3) is 0 Å². The van der Waals surface area contributed by atoms with Crippen molar-refractivity contribution in [3.8, 4) is 0 Å². The summed E-state index contributed by atoms with van der Waals surface area (Å²) in [6.07, 6.45) is 0. The highest BCUT2D eigenvalue weighted by molar-refractivity contribution is 6.77. The molecule has 0 aromatic rings. The number of rotatable bonds is 1. The molecule has 0 rings (SSSR count). The maximum Gasteiger partial charge on any atom is 0.0866 e. The average molecular weight is 121 g/mol. The van der Waals surface area contributed by atoms with E-state index >= 15 is 0 Å². The molecule has 0 radical (unpaired) electrons. The summed E-state index contributed by atoms with van der Waals surface area (Å²) in [4.78, 5) is 0. The van der Waals surface area contributed by atoms with Gasteiger partial charge < -0.3 is 0 Å². The van der Waals surface area contributed by atoms with Crippen LogP contribution in [0.4, 0.5) is 4.39 Å². The van der Waals surface area contributed by atoms with Crippen LogP contribution < -0.4 is 0 Å². The third-order valence-corrected chi connectivity index (χ3v) is 3.10. The van der Waals surface area contributed by atoms with E-state index in [1.165, 1.54) is 6.92 Å². The Kier molecular flexibility index (Phi) is 1.47. The molecule has 0 aliphatic heterocycles. The van der Waals surface area contributed by atoms with Crippen molar-refractivity contribution in [1.82, 2.24) is 0 Å². The minimum Gasteiger partial charge on any atom is -0.252 e. The fourth-order valence-corrected chi connectivity index (χ4v) is 0. The van der Waals surface area contributed by atoms with E-state index in [1.54, 1.807) is 0 Å². The Bertz CT molecular complexity index is 67.4. The second-order valence-electron chi connectivity index (χ2n) is 2.78. The van der Waals surface area contributed by atoms with Crippen molar-refractivity contribution in [1.29, 1.82) is 0 Å². The van der Waals surface area contributed by atoms with Gasteiger partial charge in [-0.25, -0.2) is 0 Å².